The van der Waals surface area contributed by atoms with Crippen molar-refractivity contribution in [1.82, 2.24) is 0 Å². The van der Waals surface area contributed by atoms with Crippen molar-refractivity contribution in [2.75, 3.05) is 13.7 Å². The minimum absolute atomic E-state index is 0.147. The van der Waals surface area contributed by atoms with Crippen molar-refractivity contribution in [3.8, 4) is 0 Å². The summed E-state index contributed by atoms with van der Waals surface area (Å²) in [7, 11) is 1.72. The van der Waals surface area contributed by atoms with Crippen LogP contribution in [0, 0.1) is 0 Å². The SMILES string of the molecule is COCC(C)OC1CCCCCCCCCCC1N. The zero-order chi connectivity index (χ0) is 13.9. The molecule has 0 amide bonds. The fourth-order valence-corrected chi connectivity index (χ4v) is 2.93. The van der Waals surface area contributed by atoms with Crippen molar-refractivity contribution in [2.45, 2.75) is 89.4 Å². The van der Waals surface area contributed by atoms with Crippen LogP contribution in [0.2, 0.25) is 0 Å². The Labute approximate surface area is 119 Å². The van der Waals surface area contributed by atoms with Crippen LogP contribution < -0.4 is 5.73 Å². The molecule has 3 nitrogen and oxygen atoms in total. The summed E-state index contributed by atoms with van der Waals surface area (Å²) in [5.41, 5.74) is 6.34. The zero-order valence-electron chi connectivity index (χ0n) is 12.9. The average Bonchev–Trinajstić information content (AvgIpc) is 2.37. The van der Waals surface area contributed by atoms with E-state index in [4.69, 9.17) is 15.2 Å². The molecule has 19 heavy (non-hydrogen) atoms. The summed E-state index contributed by atoms with van der Waals surface area (Å²) < 4.78 is 11.2. The van der Waals surface area contributed by atoms with Gasteiger partial charge < -0.3 is 15.2 Å². The van der Waals surface area contributed by atoms with Gasteiger partial charge in [0, 0.05) is 13.2 Å². The Morgan fingerprint density at radius 1 is 0.947 bits per heavy atom. The largest absolute Gasteiger partial charge is 0.382 e. The molecule has 0 aromatic rings. The minimum atomic E-state index is 0.147. The lowest BCUT2D eigenvalue weighted by Gasteiger charge is -2.28. The first-order valence-electron chi connectivity index (χ1n) is 8.14. The Hall–Kier alpha value is -0.120. The van der Waals surface area contributed by atoms with E-state index < -0.39 is 0 Å². The van der Waals surface area contributed by atoms with Gasteiger partial charge in [0.1, 0.15) is 0 Å². The molecule has 0 heterocycles. The molecular formula is C16H33NO2. The number of ether oxygens (including phenoxy) is 2. The maximum atomic E-state index is 6.34. The second-order valence-electron chi connectivity index (χ2n) is 6.01. The van der Waals surface area contributed by atoms with Gasteiger partial charge in [-0.25, -0.2) is 0 Å². The smallest absolute Gasteiger partial charge is 0.0784 e. The van der Waals surface area contributed by atoms with E-state index in [0.29, 0.717) is 6.61 Å². The van der Waals surface area contributed by atoms with E-state index in [1.807, 2.05) is 0 Å². The van der Waals surface area contributed by atoms with Crippen LogP contribution >= 0.6 is 0 Å². The van der Waals surface area contributed by atoms with E-state index in [1.54, 1.807) is 7.11 Å². The average molecular weight is 271 g/mol. The molecule has 3 atom stereocenters. The third-order valence-corrected chi connectivity index (χ3v) is 4.06. The lowest BCUT2D eigenvalue weighted by atomic mass is 9.96. The molecular weight excluding hydrogens is 238 g/mol. The molecule has 1 aliphatic carbocycles. The first-order valence-corrected chi connectivity index (χ1v) is 8.14. The van der Waals surface area contributed by atoms with Crippen LogP contribution in [0.5, 0.6) is 0 Å². The molecule has 3 heteroatoms. The molecule has 0 bridgehead atoms. The molecule has 0 aromatic heterocycles. The minimum Gasteiger partial charge on any atom is -0.382 e. The van der Waals surface area contributed by atoms with Gasteiger partial charge in [-0.1, -0.05) is 51.4 Å². The van der Waals surface area contributed by atoms with E-state index >= 15 is 0 Å². The summed E-state index contributed by atoms with van der Waals surface area (Å²) >= 11 is 0. The Kier molecular flexibility index (Phi) is 9.48. The number of rotatable bonds is 4. The fourth-order valence-electron chi connectivity index (χ4n) is 2.93. The van der Waals surface area contributed by atoms with Crippen LogP contribution in [0.4, 0.5) is 0 Å². The van der Waals surface area contributed by atoms with E-state index in [2.05, 4.69) is 6.92 Å². The van der Waals surface area contributed by atoms with Gasteiger partial charge in [-0.2, -0.15) is 0 Å². The van der Waals surface area contributed by atoms with Gasteiger partial charge in [-0.15, -0.1) is 0 Å². The molecule has 0 aromatic carbocycles. The third-order valence-electron chi connectivity index (χ3n) is 4.06. The molecule has 0 saturated heterocycles. The summed E-state index contributed by atoms with van der Waals surface area (Å²) in [6.07, 6.45) is 13.3. The molecule has 3 unspecified atom stereocenters. The molecule has 2 N–H and O–H groups in total. The first kappa shape index (κ1) is 16.9. The molecule has 114 valence electrons. The second kappa shape index (κ2) is 10.6. The van der Waals surface area contributed by atoms with Crippen molar-refractivity contribution in [3.63, 3.8) is 0 Å². The van der Waals surface area contributed by atoms with Gasteiger partial charge in [-0.05, 0) is 19.8 Å². The van der Waals surface area contributed by atoms with E-state index in [1.165, 1.54) is 51.4 Å². The van der Waals surface area contributed by atoms with E-state index in [9.17, 15) is 0 Å². The molecule has 1 aliphatic rings. The van der Waals surface area contributed by atoms with Gasteiger partial charge in [0.05, 0.1) is 18.8 Å². The molecule has 0 radical (unpaired) electrons. The topological polar surface area (TPSA) is 44.5 Å². The van der Waals surface area contributed by atoms with Crippen molar-refractivity contribution in [1.29, 1.82) is 0 Å². The highest BCUT2D eigenvalue weighted by atomic mass is 16.5. The lowest BCUT2D eigenvalue weighted by molar-refractivity contribution is -0.0536. The van der Waals surface area contributed by atoms with Gasteiger partial charge in [0.15, 0.2) is 0 Å². The van der Waals surface area contributed by atoms with Crippen molar-refractivity contribution < 1.29 is 9.47 Å². The fraction of sp³-hybridized carbons (Fsp3) is 1.00. The Bertz CT molecular complexity index is 211. The lowest BCUT2D eigenvalue weighted by Crippen LogP contribution is -2.39. The van der Waals surface area contributed by atoms with Crippen molar-refractivity contribution >= 4 is 0 Å². The monoisotopic (exact) mass is 271 g/mol. The maximum Gasteiger partial charge on any atom is 0.0784 e. The highest BCUT2D eigenvalue weighted by Gasteiger charge is 2.20. The van der Waals surface area contributed by atoms with Gasteiger partial charge in [-0.3, -0.25) is 0 Å². The van der Waals surface area contributed by atoms with Gasteiger partial charge in [0.2, 0.25) is 0 Å². The molecule has 0 spiro atoms. The van der Waals surface area contributed by atoms with Crippen molar-refractivity contribution in [2.24, 2.45) is 5.73 Å². The molecule has 1 saturated carbocycles. The zero-order valence-corrected chi connectivity index (χ0v) is 12.9. The number of hydrogen-bond acceptors (Lipinski definition) is 3. The molecule has 0 aliphatic heterocycles. The van der Waals surface area contributed by atoms with Gasteiger partial charge >= 0.3 is 0 Å². The highest BCUT2D eigenvalue weighted by molar-refractivity contribution is 4.75. The highest BCUT2D eigenvalue weighted by Crippen LogP contribution is 2.19. The number of hydrogen-bond donors (Lipinski definition) is 1. The van der Waals surface area contributed by atoms with E-state index in [-0.39, 0.29) is 18.2 Å². The van der Waals surface area contributed by atoms with Crippen LogP contribution in [-0.2, 0) is 9.47 Å². The Morgan fingerprint density at radius 3 is 2.05 bits per heavy atom. The summed E-state index contributed by atoms with van der Waals surface area (Å²) in [4.78, 5) is 0. The maximum absolute atomic E-state index is 6.34. The van der Waals surface area contributed by atoms with Crippen LogP contribution in [0.15, 0.2) is 0 Å². The molecule has 1 fully saturated rings. The van der Waals surface area contributed by atoms with E-state index in [0.717, 1.165) is 12.8 Å². The normalized spacial score (nSPS) is 29.2. The Morgan fingerprint density at radius 2 is 1.47 bits per heavy atom. The van der Waals surface area contributed by atoms with Crippen LogP contribution in [0.3, 0.4) is 0 Å². The predicted octanol–water partition coefficient (Wildman–Crippen LogP) is 3.65. The summed E-state index contributed by atoms with van der Waals surface area (Å²) in [6.45, 7) is 2.73. The summed E-state index contributed by atoms with van der Waals surface area (Å²) in [5.74, 6) is 0. The second-order valence-corrected chi connectivity index (χ2v) is 6.01. The summed E-state index contributed by atoms with van der Waals surface area (Å²) in [5, 5.41) is 0. The number of nitrogens with two attached hydrogens (primary N) is 1. The number of methoxy groups -OCH3 is 1. The van der Waals surface area contributed by atoms with Crippen LogP contribution in [0.1, 0.15) is 71.1 Å². The summed E-state index contributed by atoms with van der Waals surface area (Å²) in [6, 6.07) is 0.193. The quantitative estimate of drug-likeness (QED) is 0.849. The Balaban J connectivity index is 2.41. The third kappa shape index (κ3) is 7.91. The molecule has 1 rings (SSSR count). The van der Waals surface area contributed by atoms with Crippen LogP contribution in [0.25, 0.3) is 0 Å². The van der Waals surface area contributed by atoms with Gasteiger partial charge in [0.25, 0.3) is 0 Å². The first-order chi connectivity index (χ1) is 9.24. The standard InChI is InChI=1S/C16H33NO2/c1-14(13-18-2)19-16-12-10-8-6-4-3-5-7-9-11-15(16)17/h14-16H,3-13,17H2,1-2H3. The van der Waals surface area contributed by atoms with Crippen molar-refractivity contribution in [3.05, 3.63) is 0 Å². The predicted molar refractivity (Wildman–Crippen MR) is 80.4 cm³/mol. The van der Waals surface area contributed by atoms with Crippen LogP contribution in [-0.4, -0.2) is 32.0 Å².